The third-order valence-electron chi connectivity index (χ3n) is 3.20. The van der Waals surface area contributed by atoms with Crippen LogP contribution in [0.3, 0.4) is 0 Å². The summed E-state index contributed by atoms with van der Waals surface area (Å²) in [6, 6.07) is 0.151. The lowest BCUT2D eigenvalue weighted by Crippen LogP contribution is -2.35. The van der Waals surface area contributed by atoms with Crippen molar-refractivity contribution in [3.8, 4) is 0 Å². The fourth-order valence-electron chi connectivity index (χ4n) is 2.02. The second-order valence-electron chi connectivity index (χ2n) is 5.46. The van der Waals surface area contributed by atoms with Crippen molar-refractivity contribution in [2.75, 3.05) is 0 Å². The molecule has 114 valence electrons. The number of rotatable bonds is 4. The lowest BCUT2D eigenvalue weighted by Gasteiger charge is -2.14. The van der Waals surface area contributed by atoms with Crippen LogP contribution in [0.1, 0.15) is 37.0 Å². The second-order valence-corrected chi connectivity index (χ2v) is 8.00. The summed E-state index contributed by atoms with van der Waals surface area (Å²) >= 11 is 3.20. The van der Waals surface area contributed by atoms with E-state index >= 15 is 0 Å². The van der Waals surface area contributed by atoms with Crippen molar-refractivity contribution in [1.29, 1.82) is 0 Å². The molecule has 1 atom stereocenters. The van der Waals surface area contributed by atoms with E-state index in [1.165, 1.54) is 22.2 Å². The van der Waals surface area contributed by atoms with Gasteiger partial charge in [0.1, 0.15) is 15.7 Å². The standard InChI is InChI=1S/C15H21N3OS2/c1-7(2)16-13(19)10(5)21-15-12-8(3)9(4)20-14(12)17-11(6)18-15/h7,10H,1-6H3,(H,16,19). The molecular weight excluding hydrogens is 302 g/mol. The van der Waals surface area contributed by atoms with Gasteiger partial charge in [-0.2, -0.15) is 0 Å². The molecule has 1 unspecified atom stereocenters. The third-order valence-corrected chi connectivity index (χ3v) is 5.38. The van der Waals surface area contributed by atoms with E-state index < -0.39 is 0 Å². The molecule has 4 nitrogen and oxygen atoms in total. The van der Waals surface area contributed by atoms with Gasteiger partial charge in [0.25, 0.3) is 0 Å². The van der Waals surface area contributed by atoms with Gasteiger partial charge in [0, 0.05) is 16.3 Å². The van der Waals surface area contributed by atoms with Crippen molar-refractivity contribution in [2.24, 2.45) is 0 Å². The van der Waals surface area contributed by atoms with Gasteiger partial charge in [-0.25, -0.2) is 9.97 Å². The summed E-state index contributed by atoms with van der Waals surface area (Å²) in [5, 5.41) is 4.77. The van der Waals surface area contributed by atoms with Gasteiger partial charge in [0.05, 0.1) is 5.25 Å². The highest BCUT2D eigenvalue weighted by molar-refractivity contribution is 8.00. The number of fused-ring (bicyclic) bond motifs is 1. The van der Waals surface area contributed by atoms with E-state index in [1.807, 2.05) is 27.7 Å². The predicted octanol–water partition coefficient (Wildman–Crippen LogP) is 3.62. The van der Waals surface area contributed by atoms with Gasteiger partial charge in [-0.3, -0.25) is 4.79 Å². The Morgan fingerprint density at radius 3 is 2.48 bits per heavy atom. The van der Waals surface area contributed by atoms with E-state index in [2.05, 4.69) is 29.1 Å². The van der Waals surface area contributed by atoms with Crippen molar-refractivity contribution >= 4 is 39.2 Å². The molecule has 0 radical (unpaired) electrons. The summed E-state index contributed by atoms with van der Waals surface area (Å²) in [6.07, 6.45) is 0. The Morgan fingerprint density at radius 1 is 1.19 bits per heavy atom. The van der Waals surface area contributed by atoms with Crippen molar-refractivity contribution in [3.05, 3.63) is 16.3 Å². The number of hydrogen-bond donors (Lipinski definition) is 1. The van der Waals surface area contributed by atoms with Gasteiger partial charge < -0.3 is 5.32 Å². The largest absolute Gasteiger partial charge is 0.353 e. The SMILES string of the molecule is Cc1nc(SC(C)C(=O)NC(C)C)c2c(C)c(C)sc2n1. The molecule has 0 spiro atoms. The molecule has 0 aliphatic heterocycles. The topological polar surface area (TPSA) is 54.9 Å². The second kappa shape index (κ2) is 6.32. The van der Waals surface area contributed by atoms with E-state index in [0.717, 1.165) is 21.1 Å². The van der Waals surface area contributed by atoms with Crippen molar-refractivity contribution < 1.29 is 4.79 Å². The summed E-state index contributed by atoms with van der Waals surface area (Å²) in [5.41, 5.74) is 1.22. The van der Waals surface area contributed by atoms with Gasteiger partial charge in [0.15, 0.2) is 0 Å². The smallest absolute Gasteiger partial charge is 0.233 e. The number of amides is 1. The van der Waals surface area contributed by atoms with Crippen LogP contribution in [0.5, 0.6) is 0 Å². The number of carbonyl (C=O) groups excluding carboxylic acids is 1. The molecule has 1 amide bonds. The van der Waals surface area contributed by atoms with Gasteiger partial charge in [0.2, 0.25) is 5.91 Å². The average Bonchev–Trinajstić information content (AvgIpc) is 2.63. The van der Waals surface area contributed by atoms with Crippen LogP contribution in [-0.2, 0) is 4.79 Å². The molecule has 1 N–H and O–H groups in total. The first-order valence-corrected chi connectivity index (χ1v) is 8.70. The lowest BCUT2D eigenvalue weighted by molar-refractivity contribution is -0.120. The molecule has 2 aromatic heterocycles. The zero-order valence-electron chi connectivity index (χ0n) is 13.3. The van der Waals surface area contributed by atoms with Crippen molar-refractivity contribution in [1.82, 2.24) is 15.3 Å². The number of thiophene rings is 1. The highest BCUT2D eigenvalue weighted by Gasteiger charge is 2.20. The molecule has 0 saturated heterocycles. The van der Waals surface area contributed by atoms with Crippen LogP contribution in [0.4, 0.5) is 0 Å². The van der Waals surface area contributed by atoms with Crippen LogP contribution < -0.4 is 5.32 Å². The summed E-state index contributed by atoms with van der Waals surface area (Å²) in [4.78, 5) is 23.4. The normalized spacial score (nSPS) is 12.9. The van der Waals surface area contributed by atoms with E-state index in [0.29, 0.717) is 0 Å². The number of thioether (sulfide) groups is 1. The van der Waals surface area contributed by atoms with Crippen LogP contribution in [0.25, 0.3) is 10.2 Å². The monoisotopic (exact) mass is 323 g/mol. The number of hydrogen-bond acceptors (Lipinski definition) is 5. The molecule has 0 aliphatic carbocycles. The minimum atomic E-state index is -0.176. The summed E-state index contributed by atoms with van der Waals surface area (Å²) in [5.74, 6) is 0.798. The minimum Gasteiger partial charge on any atom is -0.353 e. The number of carbonyl (C=O) groups is 1. The van der Waals surface area contributed by atoms with Crippen molar-refractivity contribution in [2.45, 2.75) is 57.9 Å². The average molecular weight is 323 g/mol. The molecule has 0 saturated carbocycles. The highest BCUT2D eigenvalue weighted by Crippen LogP contribution is 2.36. The first-order chi connectivity index (χ1) is 9.79. The van der Waals surface area contributed by atoms with E-state index in [1.54, 1.807) is 11.3 Å². The Hall–Kier alpha value is -1.14. The quantitative estimate of drug-likeness (QED) is 0.689. The van der Waals surface area contributed by atoms with E-state index in [-0.39, 0.29) is 17.2 Å². The van der Waals surface area contributed by atoms with Crippen LogP contribution in [0.2, 0.25) is 0 Å². The third kappa shape index (κ3) is 3.55. The van der Waals surface area contributed by atoms with Crippen LogP contribution in [-0.4, -0.2) is 27.2 Å². The molecule has 2 heterocycles. The fourth-order valence-corrected chi connectivity index (χ4v) is 4.22. The lowest BCUT2D eigenvalue weighted by atomic mass is 10.2. The number of aryl methyl sites for hydroxylation is 3. The number of aromatic nitrogens is 2. The highest BCUT2D eigenvalue weighted by atomic mass is 32.2. The fraction of sp³-hybridized carbons (Fsp3) is 0.533. The molecular formula is C15H21N3OS2. The minimum absolute atomic E-state index is 0.0454. The molecule has 0 aromatic carbocycles. The van der Waals surface area contributed by atoms with Gasteiger partial charge in [-0.05, 0) is 47.1 Å². The zero-order valence-corrected chi connectivity index (χ0v) is 14.9. The summed E-state index contributed by atoms with van der Waals surface area (Å²) in [7, 11) is 0. The predicted molar refractivity (Wildman–Crippen MR) is 90.2 cm³/mol. The van der Waals surface area contributed by atoms with Crippen LogP contribution >= 0.6 is 23.1 Å². The maximum absolute atomic E-state index is 12.1. The maximum atomic E-state index is 12.1. The Labute approximate surface area is 133 Å². The van der Waals surface area contributed by atoms with Gasteiger partial charge in [-0.1, -0.05) is 11.8 Å². The van der Waals surface area contributed by atoms with Crippen LogP contribution in [0, 0.1) is 20.8 Å². The molecule has 21 heavy (non-hydrogen) atoms. The Bertz CT molecular complexity index is 679. The molecule has 2 rings (SSSR count). The molecule has 0 fully saturated rings. The van der Waals surface area contributed by atoms with E-state index in [9.17, 15) is 4.79 Å². The maximum Gasteiger partial charge on any atom is 0.233 e. The first kappa shape index (κ1) is 16.2. The molecule has 0 aliphatic rings. The Morgan fingerprint density at radius 2 is 1.86 bits per heavy atom. The van der Waals surface area contributed by atoms with Gasteiger partial charge in [-0.15, -0.1) is 11.3 Å². The molecule has 6 heteroatoms. The Kier molecular flexibility index (Phi) is 4.88. The summed E-state index contributed by atoms with van der Waals surface area (Å²) in [6.45, 7) is 11.9. The summed E-state index contributed by atoms with van der Waals surface area (Å²) < 4.78 is 0. The van der Waals surface area contributed by atoms with Crippen molar-refractivity contribution in [3.63, 3.8) is 0 Å². The number of nitrogens with one attached hydrogen (secondary N) is 1. The first-order valence-electron chi connectivity index (χ1n) is 7.01. The molecule has 0 bridgehead atoms. The van der Waals surface area contributed by atoms with Gasteiger partial charge >= 0.3 is 0 Å². The Balaban J connectivity index is 2.35. The van der Waals surface area contributed by atoms with E-state index in [4.69, 9.17) is 0 Å². The number of nitrogens with zero attached hydrogens (tertiary/aromatic N) is 2. The molecule has 2 aromatic rings. The zero-order chi connectivity index (χ0) is 15.7. The van der Waals surface area contributed by atoms with Crippen LogP contribution in [0.15, 0.2) is 5.03 Å².